The zero-order valence-electron chi connectivity index (χ0n) is 18.0. The Bertz CT molecular complexity index is 978. The monoisotopic (exact) mass is 432 g/mol. The van der Waals surface area contributed by atoms with Crippen LogP contribution in [0.25, 0.3) is 10.9 Å². The molecule has 0 unspecified atom stereocenters. The maximum Gasteiger partial charge on any atom is 0.169 e. The number of halogens is 2. The van der Waals surface area contributed by atoms with E-state index in [0.717, 1.165) is 10.9 Å². The summed E-state index contributed by atoms with van der Waals surface area (Å²) in [5.41, 5.74) is 3.25. The SMILES string of the molecule is CC(C)[Si](C(C)C)(C(C)C)n1ccc2cc(CNc3cc(Cl)ncn3)c(F)cc21. The van der Waals surface area contributed by atoms with Gasteiger partial charge in [0.15, 0.2) is 8.24 Å². The molecule has 4 nitrogen and oxygen atoms in total. The third-order valence-corrected chi connectivity index (χ3v) is 13.1. The predicted molar refractivity (Wildman–Crippen MR) is 123 cm³/mol. The molecule has 0 spiro atoms. The van der Waals surface area contributed by atoms with Crippen LogP contribution in [0.3, 0.4) is 0 Å². The Morgan fingerprint density at radius 2 is 1.69 bits per heavy atom. The number of hydrogen-bond acceptors (Lipinski definition) is 3. The molecule has 0 saturated carbocycles. The second-order valence-electron chi connectivity index (χ2n) is 8.62. The molecule has 0 aliphatic rings. The molecule has 2 aromatic heterocycles. The minimum absolute atomic E-state index is 0.204. The molecule has 0 bridgehead atoms. The lowest BCUT2D eigenvalue weighted by Crippen LogP contribution is -2.51. The number of anilines is 1. The van der Waals surface area contributed by atoms with E-state index in [2.05, 4.69) is 73.3 Å². The number of hydrogen-bond donors (Lipinski definition) is 1. The van der Waals surface area contributed by atoms with E-state index in [1.807, 2.05) is 6.07 Å². The van der Waals surface area contributed by atoms with Gasteiger partial charge in [-0.05, 0) is 46.4 Å². The van der Waals surface area contributed by atoms with Crippen molar-refractivity contribution in [2.24, 2.45) is 0 Å². The van der Waals surface area contributed by atoms with Crippen molar-refractivity contribution < 1.29 is 4.39 Å². The van der Waals surface area contributed by atoms with E-state index >= 15 is 4.39 Å². The van der Waals surface area contributed by atoms with Gasteiger partial charge in [0.05, 0.1) is 0 Å². The number of nitrogens with zero attached hydrogens (tertiary/aromatic N) is 3. The topological polar surface area (TPSA) is 42.7 Å². The first-order chi connectivity index (χ1) is 13.7. The van der Waals surface area contributed by atoms with Gasteiger partial charge in [0.1, 0.15) is 23.1 Å². The Kier molecular flexibility index (Phi) is 6.34. The zero-order valence-corrected chi connectivity index (χ0v) is 19.8. The molecule has 0 fully saturated rings. The molecule has 29 heavy (non-hydrogen) atoms. The molecule has 1 N–H and O–H groups in total. The van der Waals surface area contributed by atoms with E-state index in [0.29, 0.717) is 39.7 Å². The lowest BCUT2D eigenvalue weighted by atomic mass is 10.1. The van der Waals surface area contributed by atoms with Crippen molar-refractivity contribution in [3.63, 3.8) is 0 Å². The van der Waals surface area contributed by atoms with Crippen molar-refractivity contribution in [1.29, 1.82) is 0 Å². The molecule has 7 heteroatoms. The first-order valence-electron chi connectivity index (χ1n) is 10.2. The van der Waals surface area contributed by atoms with Gasteiger partial charge in [0.25, 0.3) is 0 Å². The van der Waals surface area contributed by atoms with Crippen LogP contribution in [0.1, 0.15) is 47.1 Å². The second kappa shape index (κ2) is 8.44. The summed E-state index contributed by atoms with van der Waals surface area (Å²) in [6.45, 7) is 14.2. The highest BCUT2D eigenvalue weighted by molar-refractivity contribution is 6.82. The summed E-state index contributed by atoms with van der Waals surface area (Å²) in [6, 6.07) is 7.39. The van der Waals surface area contributed by atoms with Gasteiger partial charge in [0, 0.05) is 23.7 Å². The van der Waals surface area contributed by atoms with E-state index < -0.39 is 8.24 Å². The molecule has 2 heterocycles. The summed E-state index contributed by atoms with van der Waals surface area (Å²) >= 11 is 5.89. The van der Waals surface area contributed by atoms with Crippen LogP contribution in [-0.4, -0.2) is 22.4 Å². The summed E-state index contributed by atoms with van der Waals surface area (Å²) < 4.78 is 17.5. The van der Waals surface area contributed by atoms with Gasteiger partial charge in [-0.3, -0.25) is 0 Å². The lowest BCUT2D eigenvalue weighted by Gasteiger charge is -2.44. The fraction of sp³-hybridized carbons (Fsp3) is 0.455. The molecule has 0 amide bonds. The van der Waals surface area contributed by atoms with Crippen molar-refractivity contribution in [2.45, 2.75) is 64.7 Å². The van der Waals surface area contributed by atoms with E-state index in [-0.39, 0.29) is 5.82 Å². The molecule has 0 aliphatic heterocycles. The highest BCUT2D eigenvalue weighted by atomic mass is 35.5. The van der Waals surface area contributed by atoms with Crippen LogP contribution in [0.4, 0.5) is 10.2 Å². The summed E-state index contributed by atoms with van der Waals surface area (Å²) in [5, 5.41) is 4.55. The van der Waals surface area contributed by atoms with E-state index in [9.17, 15) is 0 Å². The summed E-state index contributed by atoms with van der Waals surface area (Å²) in [4.78, 5) is 7.98. The molecule has 156 valence electrons. The summed E-state index contributed by atoms with van der Waals surface area (Å²) in [5.74, 6) is 0.372. The third kappa shape index (κ3) is 3.92. The van der Waals surface area contributed by atoms with Gasteiger partial charge in [-0.2, -0.15) is 0 Å². The smallest absolute Gasteiger partial charge is 0.169 e. The molecule has 3 rings (SSSR count). The highest BCUT2D eigenvalue weighted by Gasteiger charge is 2.45. The molecule has 0 radical (unpaired) electrons. The van der Waals surface area contributed by atoms with Crippen LogP contribution in [0.2, 0.25) is 21.8 Å². The first kappa shape index (κ1) is 21.8. The number of fused-ring (bicyclic) bond motifs is 1. The number of rotatable bonds is 7. The van der Waals surface area contributed by atoms with Crippen LogP contribution in [0.15, 0.2) is 36.8 Å². The standard InChI is InChI=1S/C22H30ClFN4Si/c1-14(2)29(15(3)4,16(5)6)28-8-7-17-9-18(19(24)10-20(17)28)12-25-22-11-21(23)26-13-27-22/h7-11,13-16H,12H2,1-6H3,(H,25,26,27). The van der Waals surface area contributed by atoms with Gasteiger partial charge in [-0.1, -0.05) is 53.1 Å². The Hall–Kier alpha value is -1.92. The normalized spacial score (nSPS) is 12.5. The maximum atomic E-state index is 15.1. The van der Waals surface area contributed by atoms with E-state index in [4.69, 9.17) is 11.6 Å². The Labute approximate surface area is 178 Å². The molecule has 0 saturated heterocycles. The number of aromatic nitrogens is 3. The Balaban J connectivity index is 2.01. The van der Waals surface area contributed by atoms with Crippen molar-refractivity contribution in [2.75, 3.05) is 5.32 Å². The molecule has 1 aromatic carbocycles. The van der Waals surface area contributed by atoms with Crippen molar-refractivity contribution in [3.8, 4) is 0 Å². The van der Waals surface area contributed by atoms with Crippen molar-refractivity contribution >= 4 is 36.6 Å². The van der Waals surface area contributed by atoms with Crippen molar-refractivity contribution in [1.82, 2.24) is 14.2 Å². The van der Waals surface area contributed by atoms with E-state index in [1.54, 1.807) is 12.1 Å². The van der Waals surface area contributed by atoms with Gasteiger partial charge in [-0.25, -0.2) is 14.4 Å². The average Bonchev–Trinajstić information content (AvgIpc) is 3.02. The van der Waals surface area contributed by atoms with Gasteiger partial charge >= 0.3 is 0 Å². The fourth-order valence-electron chi connectivity index (χ4n) is 5.13. The lowest BCUT2D eigenvalue weighted by molar-refractivity contribution is 0.614. The van der Waals surface area contributed by atoms with Crippen molar-refractivity contribution in [3.05, 3.63) is 53.3 Å². The molecule has 0 atom stereocenters. The second-order valence-corrected chi connectivity index (χ2v) is 14.7. The highest BCUT2D eigenvalue weighted by Crippen LogP contribution is 2.44. The number of benzene rings is 1. The first-order valence-corrected chi connectivity index (χ1v) is 12.7. The van der Waals surface area contributed by atoms with Crippen LogP contribution >= 0.6 is 11.6 Å². The molecule has 0 aliphatic carbocycles. The van der Waals surface area contributed by atoms with Crippen LogP contribution in [0, 0.1) is 5.82 Å². The Morgan fingerprint density at radius 3 is 2.28 bits per heavy atom. The van der Waals surface area contributed by atoms with Gasteiger partial charge in [-0.15, -0.1) is 0 Å². The van der Waals surface area contributed by atoms with Crippen LogP contribution < -0.4 is 5.32 Å². The average molecular weight is 433 g/mol. The number of nitrogens with one attached hydrogen (secondary N) is 1. The van der Waals surface area contributed by atoms with Gasteiger partial charge < -0.3 is 9.55 Å². The Morgan fingerprint density at radius 1 is 1.03 bits per heavy atom. The third-order valence-electron chi connectivity index (χ3n) is 6.14. The summed E-state index contributed by atoms with van der Waals surface area (Å²) in [7, 11) is -1.93. The summed E-state index contributed by atoms with van der Waals surface area (Å²) in [6.07, 6.45) is 3.57. The predicted octanol–water partition coefficient (Wildman–Crippen LogP) is 6.86. The minimum atomic E-state index is -1.93. The fourth-order valence-corrected chi connectivity index (χ4v) is 11.9. The van der Waals surface area contributed by atoms with Crippen LogP contribution in [-0.2, 0) is 6.54 Å². The van der Waals surface area contributed by atoms with E-state index in [1.165, 1.54) is 6.33 Å². The molecular formula is C22H30ClFN4Si. The molecular weight excluding hydrogens is 403 g/mol. The maximum absolute atomic E-state index is 15.1. The zero-order chi connectivity index (χ0) is 21.3. The van der Waals surface area contributed by atoms with Gasteiger partial charge in [0.2, 0.25) is 0 Å². The largest absolute Gasteiger partial charge is 0.373 e. The van der Waals surface area contributed by atoms with Crippen LogP contribution in [0.5, 0.6) is 0 Å². The quantitative estimate of drug-likeness (QED) is 0.327. The molecule has 3 aromatic rings. The minimum Gasteiger partial charge on any atom is -0.373 e.